The first kappa shape index (κ1) is 27.6. The van der Waals surface area contributed by atoms with E-state index >= 15 is 0 Å². The standard InChI is InChI=1S/C23H21F5N4O2S/c1-13(32-21(35)19-5-3-2-4-14(19)10-30-20(34)12-33)15-6-16(8-18(7-15)23(26,27)28)17(9-29)11-31-22(24)25/h2-9,11-13,22H,10,29H2,1H3,(H,30,34)(H,32,35)/b17-9+,31-11+. The highest BCUT2D eigenvalue weighted by atomic mass is 32.1. The lowest BCUT2D eigenvalue weighted by atomic mass is 9.97. The molecular formula is C23H21F5N4O2S. The third kappa shape index (κ3) is 7.95. The van der Waals surface area contributed by atoms with E-state index in [-0.39, 0.29) is 34.5 Å². The van der Waals surface area contributed by atoms with Gasteiger partial charge in [0.15, 0.2) is 0 Å². The molecule has 0 fully saturated rings. The third-order valence-electron chi connectivity index (χ3n) is 4.79. The number of nitrogens with two attached hydrogens (primary N) is 1. The molecule has 6 nitrogen and oxygen atoms in total. The van der Waals surface area contributed by atoms with Crippen LogP contribution in [0.5, 0.6) is 0 Å². The zero-order valence-electron chi connectivity index (χ0n) is 18.3. The topological polar surface area (TPSA) is 96.6 Å². The molecule has 0 aliphatic heterocycles. The van der Waals surface area contributed by atoms with Gasteiger partial charge in [0, 0.05) is 36.1 Å². The van der Waals surface area contributed by atoms with Gasteiger partial charge in [-0.3, -0.25) is 9.59 Å². The number of carbonyl (C=O) groups excluding carboxylic acids is 2. The first-order valence-electron chi connectivity index (χ1n) is 10.0. The molecule has 12 heteroatoms. The van der Waals surface area contributed by atoms with E-state index in [1.807, 2.05) is 0 Å². The molecule has 0 saturated heterocycles. The maximum absolute atomic E-state index is 13.5. The van der Waals surface area contributed by atoms with E-state index in [4.69, 9.17) is 18.0 Å². The molecule has 0 bridgehead atoms. The minimum Gasteiger partial charge on any atom is -0.404 e. The molecule has 35 heavy (non-hydrogen) atoms. The molecule has 0 radical (unpaired) electrons. The summed E-state index contributed by atoms with van der Waals surface area (Å²) in [6.45, 7) is -1.47. The van der Waals surface area contributed by atoms with Gasteiger partial charge >= 0.3 is 12.7 Å². The first-order valence-corrected chi connectivity index (χ1v) is 10.4. The van der Waals surface area contributed by atoms with Gasteiger partial charge < -0.3 is 16.4 Å². The predicted octanol–water partition coefficient (Wildman–Crippen LogP) is 4.14. The van der Waals surface area contributed by atoms with E-state index in [0.29, 0.717) is 17.3 Å². The molecule has 1 amide bonds. The molecule has 0 spiro atoms. The molecule has 0 aliphatic rings. The van der Waals surface area contributed by atoms with Crippen LogP contribution in [0.1, 0.15) is 40.8 Å². The fraction of sp³-hybridized carbons (Fsp3) is 0.217. The van der Waals surface area contributed by atoms with Gasteiger partial charge in [0.2, 0.25) is 6.29 Å². The fourth-order valence-corrected chi connectivity index (χ4v) is 3.44. The van der Waals surface area contributed by atoms with Gasteiger partial charge in [-0.1, -0.05) is 36.5 Å². The molecular weight excluding hydrogens is 491 g/mol. The Kier molecular flexibility index (Phi) is 9.58. The molecule has 1 atom stereocenters. The number of nitrogens with one attached hydrogen (secondary N) is 2. The highest BCUT2D eigenvalue weighted by Crippen LogP contribution is 2.33. The van der Waals surface area contributed by atoms with E-state index in [1.165, 1.54) is 6.07 Å². The zero-order valence-corrected chi connectivity index (χ0v) is 19.1. The van der Waals surface area contributed by atoms with Crippen molar-refractivity contribution in [3.8, 4) is 0 Å². The molecule has 0 aliphatic carbocycles. The van der Waals surface area contributed by atoms with Crippen LogP contribution in [-0.2, 0) is 22.3 Å². The fourth-order valence-electron chi connectivity index (χ4n) is 3.06. The summed E-state index contributed by atoms with van der Waals surface area (Å²) in [6, 6.07) is 9.02. The number of thiocarbonyl (C=S) groups is 1. The number of nitrogens with zero attached hydrogens (tertiary/aromatic N) is 1. The molecule has 2 aromatic rings. The number of allylic oxidation sites excluding steroid dienone is 1. The lowest BCUT2D eigenvalue weighted by Gasteiger charge is -2.21. The van der Waals surface area contributed by atoms with Crippen LogP contribution in [-0.4, -0.2) is 29.9 Å². The van der Waals surface area contributed by atoms with Gasteiger partial charge in [-0.05, 0) is 41.8 Å². The van der Waals surface area contributed by atoms with Crippen LogP contribution in [0.3, 0.4) is 0 Å². The van der Waals surface area contributed by atoms with Crippen LogP contribution >= 0.6 is 12.2 Å². The Labute approximate surface area is 203 Å². The lowest BCUT2D eigenvalue weighted by molar-refractivity contribution is -0.137. The van der Waals surface area contributed by atoms with E-state index in [9.17, 15) is 31.5 Å². The van der Waals surface area contributed by atoms with Gasteiger partial charge in [0.1, 0.15) is 4.99 Å². The van der Waals surface area contributed by atoms with Crippen LogP contribution in [0.2, 0.25) is 0 Å². The predicted molar refractivity (Wildman–Crippen MR) is 126 cm³/mol. The Morgan fingerprint density at radius 3 is 2.49 bits per heavy atom. The van der Waals surface area contributed by atoms with E-state index in [0.717, 1.165) is 18.3 Å². The highest BCUT2D eigenvalue weighted by molar-refractivity contribution is 7.80. The van der Waals surface area contributed by atoms with Crippen molar-refractivity contribution in [1.29, 1.82) is 0 Å². The van der Waals surface area contributed by atoms with Crippen molar-refractivity contribution in [2.24, 2.45) is 10.7 Å². The largest absolute Gasteiger partial charge is 0.416 e. The van der Waals surface area contributed by atoms with Gasteiger partial charge in [-0.15, -0.1) is 0 Å². The minimum atomic E-state index is -4.71. The van der Waals surface area contributed by atoms with Crippen molar-refractivity contribution in [2.75, 3.05) is 0 Å². The molecule has 1 unspecified atom stereocenters. The SMILES string of the molecule is CC(NC(=S)c1ccccc1CNC(=O)C=O)c1cc(C(=C/N)/C=N/C(F)F)cc(C(F)(F)F)c1. The van der Waals surface area contributed by atoms with Crippen LogP contribution in [0, 0.1) is 0 Å². The average Bonchev–Trinajstić information content (AvgIpc) is 2.82. The number of amides is 1. The van der Waals surface area contributed by atoms with Crippen LogP contribution in [0.25, 0.3) is 5.57 Å². The Balaban J connectivity index is 2.38. The van der Waals surface area contributed by atoms with Crippen molar-refractivity contribution in [3.05, 3.63) is 76.5 Å². The average molecular weight is 513 g/mol. The molecule has 186 valence electrons. The summed E-state index contributed by atoms with van der Waals surface area (Å²) in [5.74, 6) is -0.817. The lowest BCUT2D eigenvalue weighted by Crippen LogP contribution is -2.29. The number of rotatable bonds is 9. The number of hydrogen-bond donors (Lipinski definition) is 3. The molecule has 2 aromatic carbocycles. The van der Waals surface area contributed by atoms with Crippen LogP contribution in [0.15, 0.2) is 53.7 Å². The number of hydrogen-bond acceptors (Lipinski definition) is 5. The number of benzene rings is 2. The Morgan fingerprint density at radius 1 is 1.20 bits per heavy atom. The molecule has 0 saturated carbocycles. The molecule has 0 heterocycles. The van der Waals surface area contributed by atoms with Crippen molar-refractivity contribution in [3.63, 3.8) is 0 Å². The summed E-state index contributed by atoms with van der Waals surface area (Å²) in [6.07, 6.45) is -3.00. The van der Waals surface area contributed by atoms with Crippen LogP contribution in [0.4, 0.5) is 22.0 Å². The first-order chi connectivity index (χ1) is 16.5. The molecule has 2 rings (SSSR count). The summed E-state index contributed by atoms with van der Waals surface area (Å²) in [5.41, 5.74) is 5.49. The molecule has 4 N–H and O–H groups in total. The van der Waals surface area contributed by atoms with E-state index in [2.05, 4.69) is 15.6 Å². The second kappa shape index (κ2) is 12.2. The smallest absolute Gasteiger partial charge is 0.404 e. The zero-order chi connectivity index (χ0) is 26.2. The summed E-state index contributed by atoms with van der Waals surface area (Å²) in [7, 11) is 0. The normalized spacial score (nSPS) is 13.1. The Morgan fingerprint density at radius 2 is 1.89 bits per heavy atom. The highest BCUT2D eigenvalue weighted by Gasteiger charge is 2.32. The minimum absolute atomic E-state index is 0.00574. The van der Waals surface area contributed by atoms with E-state index < -0.39 is 30.2 Å². The van der Waals surface area contributed by atoms with Crippen molar-refractivity contribution < 1.29 is 31.5 Å². The van der Waals surface area contributed by atoms with Gasteiger partial charge in [-0.25, -0.2) is 4.99 Å². The third-order valence-corrected chi connectivity index (χ3v) is 5.13. The van der Waals surface area contributed by atoms with Crippen molar-refractivity contribution >= 4 is 41.2 Å². The maximum Gasteiger partial charge on any atom is 0.416 e. The van der Waals surface area contributed by atoms with Gasteiger partial charge in [0.05, 0.1) is 5.56 Å². The van der Waals surface area contributed by atoms with Gasteiger partial charge in [0.25, 0.3) is 5.91 Å². The Bertz CT molecular complexity index is 1150. The van der Waals surface area contributed by atoms with Crippen molar-refractivity contribution in [1.82, 2.24) is 10.6 Å². The Hall–Kier alpha value is -3.67. The summed E-state index contributed by atoms with van der Waals surface area (Å²) in [5, 5.41) is 5.34. The number of halogens is 5. The summed E-state index contributed by atoms with van der Waals surface area (Å²) >= 11 is 5.42. The van der Waals surface area contributed by atoms with Crippen molar-refractivity contribution in [2.45, 2.75) is 32.2 Å². The quantitative estimate of drug-likeness (QED) is 0.117. The summed E-state index contributed by atoms with van der Waals surface area (Å²) in [4.78, 5) is 24.9. The number of aliphatic imine (C=N–C) groups is 1. The second-order valence-electron chi connectivity index (χ2n) is 7.21. The number of alkyl halides is 5. The second-order valence-corrected chi connectivity index (χ2v) is 7.62. The van der Waals surface area contributed by atoms with E-state index in [1.54, 1.807) is 31.2 Å². The maximum atomic E-state index is 13.5. The number of carbonyl (C=O) groups is 2. The summed E-state index contributed by atoms with van der Waals surface area (Å²) < 4.78 is 65.6. The van der Waals surface area contributed by atoms with Crippen LogP contribution < -0.4 is 16.4 Å². The van der Waals surface area contributed by atoms with Gasteiger partial charge in [-0.2, -0.15) is 22.0 Å². The number of aldehydes is 1. The monoisotopic (exact) mass is 512 g/mol. The molecule has 0 aromatic heterocycles.